The number of ketones is 1. The Morgan fingerprint density at radius 1 is 1.27 bits per heavy atom. The monoisotopic (exact) mass is 425 g/mol. The molecule has 4 rings (SSSR count). The van der Waals surface area contributed by atoms with Crippen LogP contribution in [0.15, 0.2) is 35.2 Å². The second-order valence-electron chi connectivity index (χ2n) is 7.94. The molecule has 6 heteroatoms. The number of thiophene rings is 1. The van der Waals surface area contributed by atoms with Crippen LogP contribution in [0.1, 0.15) is 60.2 Å². The summed E-state index contributed by atoms with van der Waals surface area (Å²) < 4.78 is 5.66. The highest BCUT2D eigenvalue weighted by molar-refractivity contribution is 7.10. The van der Waals surface area contributed by atoms with E-state index >= 15 is 0 Å². The number of fused-ring (bicyclic) bond motifs is 1. The summed E-state index contributed by atoms with van der Waals surface area (Å²) in [6.07, 6.45) is 4.65. The molecular formula is C24H27NO4S. The molecule has 0 spiro atoms. The largest absolute Gasteiger partial charge is 0.507 e. The third-order valence-electron chi connectivity index (χ3n) is 5.87. The van der Waals surface area contributed by atoms with Crippen molar-refractivity contribution in [2.24, 2.45) is 0 Å². The van der Waals surface area contributed by atoms with Gasteiger partial charge in [-0.05, 0) is 67.0 Å². The van der Waals surface area contributed by atoms with E-state index in [2.05, 4.69) is 6.92 Å². The van der Waals surface area contributed by atoms with Gasteiger partial charge in [0.05, 0.1) is 18.2 Å². The van der Waals surface area contributed by atoms with Crippen LogP contribution in [0.2, 0.25) is 0 Å². The van der Waals surface area contributed by atoms with Gasteiger partial charge < -0.3 is 14.7 Å². The van der Waals surface area contributed by atoms with E-state index in [0.717, 1.165) is 53.9 Å². The fourth-order valence-electron chi connectivity index (χ4n) is 4.24. The van der Waals surface area contributed by atoms with Crippen LogP contribution in [0.25, 0.3) is 5.76 Å². The number of carbonyl (C=O) groups is 2. The highest BCUT2D eigenvalue weighted by Gasteiger charge is 2.46. The Kier molecular flexibility index (Phi) is 5.95. The van der Waals surface area contributed by atoms with E-state index in [1.165, 1.54) is 11.3 Å². The van der Waals surface area contributed by atoms with Crippen molar-refractivity contribution in [2.75, 3.05) is 13.2 Å². The molecule has 2 aliphatic rings. The van der Waals surface area contributed by atoms with E-state index in [0.29, 0.717) is 18.7 Å². The third-order valence-corrected chi connectivity index (χ3v) is 6.95. The summed E-state index contributed by atoms with van der Waals surface area (Å²) in [7, 11) is 0. The Hall–Kier alpha value is -2.60. The number of amides is 1. The number of hydrogen-bond acceptors (Lipinski definition) is 5. The van der Waals surface area contributed by atoms with Gasteiger partial charge in [0.1, 0.15) is 11.5 Å². The number of hydrogen-bond donors (Lipinski definition) is 1. The molecule has 0 saturated carbocycles. The van der Waals surface area contributed by atoms with Gasteiger partial charge in [0, 0.05) is 17.0 Å². The predicted octanol–water partition coefficient (Wildman–Crippen LogP) is 4.99. The molecule has 158 valence electrons. The molecule has 0 aliphatic carbocycles. The lowest BCUT2D eigenvalue weighted by Gasteiger charge is -2.25. The number of aliphatic hydroxyl groups excluding tert-OH is 1. The highest BCUT2D eigenvalue weighted by atomic mass is 32.1. The van der Waals surface area contributed by atoms with Crippen molar-refractivity contribution in [3.05, 3.63) is 56.8 Å². The van der Waals surface area contributed by atoms with Gasteiger partial charge in [-0.2, -0.15) is 0 Å². The Labute approximate surface area is 181 Å². The van der Waals surface area contributed by atoms with Crippen molar-refractivity contribution >= 4 is 28.8 Å². The Morgan fingerprint density at radius 3 is 2.83 bits per heavy atom. The van der Waals surface area contributed by atoms with Crippen molar-refractivity contribution in [1.29, 1.82) is 0 Å². The summed E-state index contributed by atoms with van der Waals surface area (Å²) in [4.78, 5) is 28.5. The lowest BCUT2D eigenvalue weighted by Crippen LogP contribution is -2.30. The molecule has 0 bridgehead atoms. The van der Waals surface area contributed by atoms with Crippen LogP contribution in [-0.2, 0) is 16.0 Å². The average Bonchev–Trinajstić information content (AvgIpc) is 3.28. The van der Waals surface area contributed by atoms with Crippen LogP contribution in [0.5, 0.6) is 5.75 Å². The van der Waals surface area contributed by atoms with E-state index in [9.17, 15) is 14.7 Å². The van der Waals surface area contributed by atoms with E-state index < -0.39 is 17.7 Å². The minimum atomic E-state index is -0.601. The van der Waals surface area contributed by atoms with Crippen LogP contribution in [0.3, 0.4) is 0 Å². The smallest absolute Gasteiger partial charge is 0.295 e. The highest BCUT2D eigenvalue weighted by Crippen LogP contribution is 2.43. The molecule has 1 atom stereocenters. The summed E-state index contributed by atoms with van der Waals surface area (Å²) in [5, 5.41) is 13.2. The Bertz CT molecular complexity index is 1010. The maximum Gasteiger partial charge on any atom is 0.295 e. The standard InChI is InChI=1S/C24H27NO4S/c1-3-4-5-11-25-20(23-15(2)10-13-30-23)19(22(27)24(25)28)21(26)17-8-9-18-16(14-17)7-6-12-29-18/h8-10,13-14,20,26H,3-7,11-12H2,1-2H3/b21-19-. The summed E-state index contributed by atoms with van der Waals surface area (Å²) in [6, 6.07) is 6.94. The third kappa shape index (κ3) is 3.65. The molecule has 30 heavy (non-hydrogen) atoms. The second kappa shape index (κ2) is 8.64. The van der Waals surface area contributed by atoms with Crippen LogP contribution in [0, 0.1) is 6.92 Å². The molecule has 5 nitrogen and oxygen atoms in total. The zero-order valence-corrected chi connectivity index (χ0v) is 18.3. The first-order valence-corrected chi connectivity index (χ1v) is 11.5. The van der Waals surface area contributed by atoms with Crippen molar-refractivity contribution in [3.8, 4) is 5.75 Å². The molecular weight excluding hydrogens is 398 g/mol. The summed E-state index contributed by atoms with van der Waals surface area (Å²) >= 11 is 1.52. The van der Waals surface area contributed by atoms with Gasteiger partial charge >= 0.3 is 0 Å². The molecule has 1 N–H and O–H groups in total. The zero-order chi connectivity index (χ0) is 21.3. The van der Waals surface area contributed by atoms with E-state index in [1.807, 2.05) is 30.5 Å². The minimum absolute atomic E-state index is 0.0995. The number of ether oxygens (including phenoxy) is 1. The lowest BCUT2D eigenvalue weighted by molar-refractivity contribution is -0.139. The lowest BCUT2D eigenvalue weighted by atomic mass is 9.96. The molecule has 1 saturated heterocycles. The van der Waals surface area contributed by atoms with Crippen LogP contribution in [0.4, 0.5) is 0 Å². The van der Waals surface area contributed by atoms with Crippen molar-refractivity contribution in [3.63, 3.8) is 0 Å². The number of Topliss-reactive ketones (excluding diaryl/α,β-unsaturated/α-hetero) is 1. The van der Waals surface area contributed by atoms with E-state index in [1.54, 1.807) is 11.0 Å². The minimum Gasteiger partial charge on any atom is -0.507 e. The van der Waals surface area contributed by atoms with Crippen molar-refractivity contribution in [2.45, 2.75) is 52.0 Å². The van der Waals surface area contributed by atoms with Gasteiger partial charge in [0.25, 0.3) is 11.7 Å². The fraction of sp³-hybridized carbons (Fsp3) is 0.417. The number of rotatable bonds is 6. The zero-order valence-electron chi connectivity index (χ0n) is 17.4. The number of unbranched alkanes of at least 4 members (excludes halogenated alkanes) is 2. The van der Waals surface area contributed by atoms with Gasteiger partial charge in [-0.15, -0.1) is 11.3 Å². The number of likely N-dealkylation sites (tertiary alicyclic amines) is 1. The van der Waals surface area contributed by atoms with Gasteiger partial charge in [-0.3, -0.25) is 9.59 Å². The molecule has 1 aromatic heterocycles. The van der Waals surface area contributed by atoms with Crippen molar-refractivity contribution < 1.29 is 19.4 Å². The molecule has 0 radical (unpaired) electrons. The molecule has 2 aliphatic heterocycles. The van der Waals surface area contributed by atoms with Crippen LogP contribution < -0.4 is 4.74 Å². The van der Waals surface area contributed by atoms with Gasteiger partial charge in [-0.1, -0.05) is 19.8 Å². The quantitative estimate of drug-likeness (QED) is 0.306. The van der Waals surface area contributed by atoms with Gasteiger partial charge in [-0.25, -0.2) is 0 Å². The fourth-order valence-corrected chi connectivity index (χ4v) is 5.29. The van der Waals surface area contributed by atoms with Gasteiger partial charge in [0.2, 0.25) is 0 Å². The normalized spacial score (nSPS) is 20.3. The Morgan fingerprint density at radius 2 is 2.10 bits per heavy atom. The average molecular weight is 426 g/mol. The predicted molar refractivity (Wildman–Crippen MR) is 118 cm³/mol. The molecule has 3 heterocycles. The van der Waals surface area contributed by atoms with E-state index in [-0.39, 0.29) is 11.3 Å². The first-order chi connectivity index (χ1) is 14.5. The topological polar surface area (TPSA) is 66.8 Å². The number of benzene rings is 1. The SMILES string of the molecule is CCCCCN1C(=O)C(=O)/C(=C(\O)c2ccc3c(c2)CCCO3)C1c1sccc1C. The number of carbonyl (C=O) groups excluding carboxylic acids is 2. The summed E-state index contributed by atoms with van der Waals surface area (Å²) in [5.41, 5.74) is 2.80. The van der Waals surface area contributed by atoms with Crippen LogP contribution in [-0.4, -0.2) is 34.8 Å². The van der Waals surface area contributed by atoms with E-state index in [4.69, 9.17) is 4.74 Å². The number of aryl methyl sites for hydroxylation is 2. The maximum absolute atomic E-state index is 13.0. The first kappa shape index (κ1) is 20.7. The van der Waals surface area contributed by atoms with Crippen molar-refractivity contribution in [1.82, 2.24) is 4.90 Å². The molecule has 1 fully saturated rings. The summed E-state index contributed by atoms with van der Waals surface area (Å²) in [6.45, 7) is 5.29. The maximum atomic E-state index is 13.0. The number of nitrogens with zero attached hydrogens (tertiary/aromatic N) is 1. The first-order valence-electron chi connectivity index (χ1n) is 10.6. The second-order valence-corrected chi connectivity index (χ2v) is 8.89. The molecule has 1 aromatic carbocycles. The Balaban J connectivity index is 1.80. The molecule has 2 aromatic rings. The molecule has 1 unspecified atom stereocenters. The molecule has 1 amide bonds. The number of aliphatic hydroxyl groups is 1. The van der Waals surface area contributed by atoms with Gasteiger partial charge in [0.15, 0.2) is 0 Å². The van der Waals surface area contributed by atoms with Crippen LogP contribution >= 0.6 is 11.3 Å². The summed E-state index contributed by atoms with van der Waals surface area (Å²) in [5.74, 6) is -0.400.